The zero-order valence-corrected chi connectivity index (χ0v) is 16.6. The second kappa shape index (κ2) is 9.53. The van der Waals surface area contributed by atoms with Gasteiger partial charge in [0.25, 0.3) is 5.91 Å². The highest BCUT2D eigenvalue weighted by atomic mass is 32.2. The number of carbonyl (C=O) groups excluding carboxylic acids is 1. The van der Waals surface area contributed by atoms with Crippen LogP contribution in [0, 0.1) is 0 Å². The number of nitrogens with two attached hydrogens (primary N) is 1. The lowest BCUT2D eigenvalue weighted by Gasteiger charge is -2.19. The molecule has 0 bridgehead atoms. The van der Waals surface area contributed by atoms with Gasteiger partial charge in [0.05, 0.1) is 10.5 Å². The van der Waals surface area contributed by atoms with Crippen LogP contribution in [0.2, 0.25) is 0 Å². The summed E-state index contributed by atoms with van der Waals surface area (Å²) in [7, 11) is -2.10. The Bertz CT molecular complexity index is 864. The Morgan fingerprint density at radius 3 is 2.44 bits per heavy atom. The van der Waals surface area contributed by atoms with Crippen molar-refractivity contribution in [2.45, 2.75) is 31.1 Å². The number of nitrogen functional groups attached to an aromatic ring is 1. The molecule has 1 amide bonds. The predicted octanol–water partition coefficient (Wildman–Crippen LogP) is 2.66. The third kappa shape index (κ3) is 5.80. The smallest absolute Gasteiger partial charge is 0.254 e. The summed E-state index contributed by atoms with van der Waals surface area (Å²) >= 11 is 0. The molecule has 0 aliphatic rings. The zero-order valence-electron chi connectivity index (χ0n) is 15.8. The van der Waals surface area contributed by atoms with Crippen molar-refractivity contribution in [3.05, 3.63) is 59.7 Å². The van der Waals surface area contributed by atoms with Gasteiger partial charge < -0.3 is 10.6 Å². The first-order valence-corrected chi connectivity index (χ1v) is 10.5. The first-order valence-electron chi connectivity index (χ1n) is 9.03. The Balaban J connectivity index is 2.11. The molecule has 2 aromatic rings. The summed E-state index contributed by atoms with van der Waals surface area (Å²) in [6, 6.07) is 13.6. The number of unbranched alkanes of at least 4 members (excludes halogenated alkanes) is 1. The van der Waals surface area contributed by atoms with Crippen LogP contribution in [0.4, 0.5) is 5.69 Å². The van der Waals surface area contributed by atoms with Crippen molar-refractivity contribution in [3.63, 3.8) is 0 Å². The van der Waals surface area contributed by atoms with E-state index in [1.165, 1.54) is 6.07 Å². The minimum atomic E-state index is -3.79. The van der Waals surface area contributed by atoms with E-state index in [2.05, 4.69) is 4.72 Å². The monoisotopic (exact) mass is 389 g/mol. The van der Waals surface area contributed by atoms with Gasteiger partial charge in [-0.1, -0.05) is 37.6 Å². The number of hydrogen-bond acceptors (Lipinski definition) is 4. The minimum Gasteiger partial charge on any atom is -0.399 e. The lowest BCUT2D eigenvalue weighted by molar-refractivity contribution is 0.0789. The quantitative estimate of drug-likeness (QED) is 0.645. The Morgan fingerprint density at radius 2 is 1.78 bits per heavy atom. The highest BCUT2D eigenvalue weighted by molar-refractivity contribution is 7.89. The molecular formula is C20H27N3O3S. The van der Waals surface area contributed by atoms with Crippen LogP contribution in [-0.2, 0) is 16.4 Å². The summed E-state index contributed by atoms with van der Waals surface area (Å²) in [5, 5.41) is 0. The molecule has 0 spiro atoms. The van der Waals surface area contributed by atoms with E-state index in [4.69, 9.17) is 5.73 Å². The number of sulfonamides is 1. The summed E-state index contributed by atoms with van der Waals surface area (Å²) in [6.07, 6.45) is 2.37. The number of rotatable bonds is 9. The van der Waals surface area contributed by atoms with Crippen LogP contribution in [0.1, 0.15) is 35.7 Å². The predicted molar refractivity (Wildman–Crippen MR) is 108 cm³/mol. The van der Waals surface area contributed by atoms with Crippen molar-refractivity contribution in [3.8, 4) is 0 Å². The molecule has 146 valence electrons. The van der Waals surface area contributed by atoms with Crippen LogP contribution < -0.4 is 10.5 Å². The van der Waals surface area contributed by atoms with Gasteiger partial charge in [-0.15, -0.1) is 0 Å². The third-order valence-corrected chi connectivity index (χ3v) is 5.81. The first-order chi connectivity index (χ1) is 12.8. The molecular weight excluding hydrogens is 362 g/mol. The number of benzene rings is 2. The molecule has 27 heavy (non-hydrogen) atoms. The topological polar surface area (TPSA) is 92.5 Å². The third-order valence-electron chi connectivity index (χ3n) is 4.29. The van der Waals surface area contributed by atoms with E-state index in [0.717, 1.165) is 18.4 Å². The van der Waals surface area contributed by atoms with Crippen molar-refractivity contribution in [2.75, 3.05) is 25.9 Å². The van der Waals surface area contributed by atoms with Crippen LogP contribution in [0.25, 0.3) is 0 Å². The highest BCUT2D eigenvalue weighted by Crippen LogP contribution is 2.17. The van der Waals surface area contributed by atoms with E-state index in [9.17, 15) is 13.2 Å². The van der Waals surface area contributed by atoms with Gasteiger partial charge >= 0.3 is 0 Å². The second-order valence-electron chi connectivity index (χ2n) is 6.47. The van der Waals surface area contributed by atoms with Gasteiger partial charge in [0.2, 0.25) is 10.0 Å². The fourth-order valence-corrected chi connectivity index (χ4v) is 3.90. The highest BCUT2D eigenvalue weighted by Gasteiger charge is 2.23. The molecule has 0 atom stereocenters. The van der Waals surface area contributed by atoms with Crippen LogP contribution in [0.15, 0.2) is 53.4 Å². The van der Waals surface area contributed by atoms with E-state index < -0.39 is 10.0 Å². The molecule has 0 saturated carbocycles. The maximum Gasteiger partial charge on any atom is 0.254 e. The van der Waals surface area contributed by atoms with E-state index in [-0.39, 0.29) is 22.9 Å². The van der Waals surface area contributed by atoms with E-state index in [1.54, 1.807) is 42.3 Å². The number of carbonyl (C=O) groups is 1. The van der Waals surface area contributed by atoms with Gasteiger partial charge in [-0.25, -0.2) is 13.1 Å². The molecule has 2 aromatic carbocycles. The molecule has 7 heteroatoms. The molecule has 3 N–H and O–H groups in total. The molecule has 0 saturated heterocycles. The fourth-order valence-electron chi connectivity index (χ4n) is 2.67. The maximum atomic E-state index is 12.7. The number of nitrogens with one attached hydrogen (secondary N) is 1. The standard InChI is InChI=1S/C20H27N3O3S/c1-3-4-15-23(2)20(24)18-7-5-6-8-19(18)27(25,26)22-14-13-16-9-11-17(21)12-10-16/h5-12,22H,3-4,13-15,21H2,1-2H3. The summed E-state index contributed by atoms with van der Waals surface area (Å²) in [4.78, 5) is 14.2. The van der Waals surface area contributed by atoms with Crippen LogP contribution in [0.5, 0.6) is 0 Å². The average Bonchev–Trinajstić information content (AvgIpc) is 2.67. The summed E-state index contributed by atoms with van der Waals surface area (Å²) in [6.45, 7) is 2.87. The van der Waals surface area contributed by atoms with Crippen LogP contribution in [-0.4, -0.2) is 39.4 Å². The van der Waals surface area contributed by atoms with E-state index in [1.807, 2.05) is 19.1 Å². The molecule has 6 nitrogen and oxygen atoms in total. The van der Waals surface area contributed by atoms with Crippen molar-refractivity contribution < 1.29 is 13.2 Å². The van der Waals surface area contributed by atoms with Gasteiger partial charge in [-0.3, -0.25) is 4.79 Å². The van der Waals surface area contributed by atoms with Gasteiger partial charge in [0, 0.05) is 25.8 Å². The second-order valence-corrected chi connectivity index (χ2v) is 8.20. The fraction of sp³-hybridized carbons (Fsp3) is 0.350. The summed E-state index contributed by atoms with van der Waals surface area (Å²) < 4.78 is 28.1. The molecule has 0 heterocycles. The number of hydrogen-bond donors (Lipinski definition) is 2. The summed E-state index contributed by atoms with van der Waals surface area (Å²) in [5.41, 5.74) is 7.49. The Labute approximate surface area is 161 Å². The molecule has 0 aliphatic heterocycles. The van der Waals surface area contributed by atoms with Crippen LogP contribution >= 0.6 is 0 Å². The van der Waals surface area contributed by atoms with Gasteiger partial charge in [0.1, 0.15) is 0 Å². The summed E-state index contributed by atoms with van der Waals surface area (Å²) in [5.74, 6) is -0.289. The molecule has 0 fully saturated rings. The lowest BCUT2D eigenvalue weighted by atomic mass is 10.1. The van der Waals surface area contributed by atoms with Gasteiger partial charge in [0.15, 0.2) is 0 Å². The van der Waals surface area contributed by atoms with Gasteiger partial charge in [-0.05, 0) is 42.7 Å². The lowest BCUT2D eigenvalue weighted by Crippen LogP contribution is -2.32. The minimum absolute atomic E-state index is 0.00987. The molecule has 0 aromatic heterocycles. The SMILES string of the molecule is CCCCN(C)C(=O)c1ccccc1S(=O)(=O)NCCc1ccc(N)cc1. The molecule has 0 aliphatic carbocycles. The van der Waals surface area contributed by atoms with Crippen molar-refractivity contribution in [2.24, 2.45) is 0 Å². The number of anilines is 1. The normalized spacial score (nSPS) is 11.3. The van der Waals surface area contributed by atoms with E-state index in [0.29, 0.717) is 18.7 Å². The molecule has 0 radical (unpaired) electrons. The van der Waals surface area contributed by atoms with Gasteiger partial charge in [-0.2, -0.15) is 0 Å². The Morgan fingerprint density at radius 1 is 1.11 bits per heavy atom. The number of amides is 1. The first kappa shape index (κ1) is 20.9. The average molecular weight is 390 g/mol. The van der Waals surface area contributed by atoms with E-state index >= 15 is 0 Å². The zero-order chi connectivity index (χ0) is 19.9. The molecule has 0 unspecified atom stereocenters. The van der Waals surface area contributed by atoms with Crippen LogP contribution in [0.3, 0.4) is 0 Å². The largest absolute Gasteiger partial charge is 0.399 e. The maximum absolute atomic E-state index is 12.7. The van der Waals surface area contributed by atoms with Crippen molar-refractivity contribution in [1.82, 2.24) is 9.62 Å². The Hall–Kier alpha value is -2.38. The Kier molecular flexibility index (Phi) is 7.38. The molecule has 2 rings (SSSR count). The van der Waals surface area contributed by atoms with Crippen molar-refractivity contribution >= 4 is 21.6 Å². The number of nitrogens with zero attached hydrogens (tertiary/aromatic N) is 1. The van der Waals surface area contributed by atoms with Crippen molar-refractivity contribution in [1.29, 1.82) is 0 Å².